The van der Waals surface area contributed by atoms with Gasteiger partial charge in [-0.3, -0.25) is 4.98 Å². The molecule has 4 heteroatoms. The molecule has 0 saturated carbocycles. The molecule has 2 heterocycles. The minimum absolute atomic E-state index is 0.0182. The molecule has 5 rings (SSSR count). The maximum atomic E-state index is 6.19. The van der Waals surface area contributed by atoms with E-state index in [4.69, 9.17) is 9.15 Å². The fourth-order valence-electron chi connectivity index (χ4n) is 3.68. The quantitative estimate of drug-likeness (QED) is 0.316. The van der Waals surface area contributed by atoms with Gasteiger partial charge in [-0.1, -0.05) is 54.6 Å². The SMILES string of the molecule is c1ccc(C(c2cccc(Oc3cccc(-c4ncco4)c3)c2)c2ccccn2)cc1. The van der Waals surface area contributed by atoms with Gasteiger partial charge < -0.3 is 9.15 Å². The first-order valence-corrected chi connectivity index (χ1v) is 10.1. The van der Waals surface area contributed by atoms with Gasteiger partial charge in [-0.25, -0.2) is 4.98 Å². The largest absolute Gasteiger partial charge is 0.457 e. The average Bonchev–Trinajstić information content (AvgIpc) is 3.37. The Hall–Kier alpha value is -4.18. The molecule has 0 aliphatic rings. The fourth-order valence-corrected chi connectivity index (χ4v) is 3.68. The molecule has 31 heavy (non-hydrogen) atoms. The minimum Gasteiger partial charge on any atom is -0.457 e. The van der Waals surface area contributed by atoms with Crippen LogP contribution in [0.2, 0.25) is 0 Å². The summed E-state index contributed by atoms with van der Waals surface area (Å²) < 4.78 is 11.6. The van der Waals surface area contributed by atoms with Crippen LogP contribution in [-0.2, 0) is 0 Å². The first-order chi connectivity index (χ1) is 15.4. The lowest BCUT2D eigenvalue weighted by molar-refractivity contribution is 0.481. The highest BCUT2D eigenvalue weighted by Crippen LogP contribution is 2.34. The van der Waals surface area contributed by atoms with Crippen molar-refractivity contribution in [1.29, 1.82) is 0 Å². The van der Waals surface area contributed by atoms with Crippen LogP contribution in [-0.4, -0.2) is 9.97 Å². The van der Waals surface area contributed by atoms with E-state index in [9.17, 15) is 0 Å². The van der Waals surface area contributed by atoms with Crippen LogP contribution in [0.3, 0.4) is 0 Å². The zero-order valence-electron chi connectivity index (χ0n) is 16.8. The fraction of sp³-hybridized carbons (Fsp3) is 0.0370. The second-order valence-corrected chi connectivity index (χ2v) is 7.14. The summed E-state index contributed by atoms with van der Waals surface area (Å²) in [5, 5.41) is 0. The summed E-state index contributed by atoms with van der Waals surface area (Å²) in [5.41, 5.74) is 4.17. The molecule has 0 amide bonds. The zero-order valence-corrected chi connectivity index (χ0v) is 16.8. The lowest BCUT2D eigenvalue weighted by atomic mass is 9.88. The highest BCUT2D eigenvalue weighted by atomic mass is 16.5. The summed E-state index contributed by atoms with van der Waals surface area (Å²) in [6, 6.07) is 32.3. The van der Waals surface area contributed by atoms with Gasteiger partial charge in [0.15, 0.2) is 0 Å². The predicted molar refractivity (Wildman–Crippen MR) is 120 cm³/mol. The zero-order chi connectivity index (χ0) is 20.9. The Morgan fingerprint density at radius 1 is 0.645 bits per heavy atom. The van der Waals surface area contributed by atoms with E-state index < -0.39 is 0 Å². The molecule has 0 aliphatic heterocycles. The van der Waals surface area contributed by atoms with Crippen LogP contribution in [0.1, 0.15) is 22.7 Å². The molecule has 2 aromatic heterocycles. The molecular formula is C27H20N2O2. The molecule has 3 aromatic carbocycles. The van der Waals surface area contributed by atoms with Crippen LogP contribution < -0.4 is 4.74 Å². The van der Waals surface area contributed by atoms with Gasteiger partial charge in [-0.15, -0.1) is 0 Å². The monoisotopic (exact) mass is 404 g/mol. The molecule has 0 saturated heterocycles. The highest BCUT2D eigenvalue weighted by molar-refractivity contribution is 5.56. The van der Waals surface area contributed by atoms with Crippen LogP contribution in [0.4, 0.5) is 0 Å². The number of ether oxygens (including phenoxy) is 1. The van der Waals surface area contributed by atoms with E-state index in [1.165, 1.54) is 5.56 Å². The smallest absolute Gasteiger partial charge is 0.225 e. The van der Waals surface area contributed by atoms with Gasteiger partial charge in [-0.2, -0.15) is 0 Å². The Balaban J connectivity index is 1.48. The van der Waals surface area contributed by atoms with Gasteiger partial charge in [0.1, 0.15) is 17.8 Å². The number of oxazole rings is 1. The van der Waals surface area contributed by atoms with Crippen molar-refractivity contribution >= 4 is 0 Å². The number of benzene rings is 3. The lowest BCUT2D eigenvalue weighted by Crippen LogP contribution is -2.05. The topological polar surface area (TPSA) is 48.2 Å². The minimum atomic E-state index is 0.0182. The molecule has 0 aliphatic carbocycles. The standard InChI is InChI=1S/C27H20N2O2/c1-2-8-20(9-3-1)26(25-14-4-5-15-28-25)21-10-6-12-23(18-21)31-24-13-7-11-22(19-24)27-29-16-17-30-27/h1-19,26H. The third-order valence-electron chi connectivity index (χ3n) is 5.06. The van der Waals surface area contributed by atoms with Crippen LogP contribution >= 0.6 is 0 Å². The summed E-state index contributed by atoms with van der Waals surface area (Å²) in [6.07, 6.45) is 5.03. The van der Waals surface area contributed by atoms with Crippen molar-refractivity contribution in [1.82, 2.24) is 9.97 Å². The molecule has 1 atom stereocenters. The van der Waals surface area contributed by atoms with Crippen molar-refractivity contribution in [2.75, 3.05) is 0 Å². The van der Waals surface area contributed by atoms with Crippen LogP contribution in [0, 0.1) is 0 Å². The van der Waals surface area contributed by atoms with Gasteiger partial charge in [0.25, 0.3) is 0 Å². The summed E-state index contributed by atoms with van der Waals surface area (Å²) in [4.78, 5) is 8.84. The molecule has 150 valence electrons. The third kappa shape index (κ3) is 4.23. The Morgan fingerprint density at radius 3 is 2.19 bits per heavy atom. The number of nitrogens with zero attached hydrogens (tertiary/aromatic N) is 2. The average molecular weight is 404 g/mol. The second-order valence-electron chi connectivity index (χ2n) is 7.14. The van der Waals surface area contributed by atoms with E-state index in [-0.39, 0.29) is 5.92 Å². The normalized spacial score (nSPS) is 11.7. The molecule has 0 radical (unpaired) electrons. The van der Waals surface area contributed by atoms with E-state index >= 15 is 0 Å². The third-order valence-corrected chi connectivity index (χ3v) is 5.06. The predicted octanol–water partition coefficient (Wildman–Crippen LogP) is 6.71. The van der Waals surface area contributed by atoms with E-state index in [2.05, 4.69) is 52.4 Å². The number of hydrogen-bond donors (Lipinski definition) is 0. The molecule has 0 fully saturated rings. The van der Waals surface area contributed by atoms with Crippen molar-refractivity contribution < 1.29 is 9.15 Å². The maximum absolute atomic E-state index is 6.19. The van der Waals surface area contributed by atoms with Gasteiger partial charge >= 0.3 is 0 Å². The van der Waals surface area contributed by atoms with Gasteiger partial charge in [-0.05, 0) is 53.6 Å². The second kappa shape index (κ2) is 8.67. The van der Waals surface area contributed by atoms with Crippen molar-refractivity contribution in [3.8, 4) is 23.0 Å². The van der Waals surface area contributed by atoms with E-state index in [1.54, 1.807) is 12.5 Å². The number of pyridine rings is 1. The Bertz CT molecular complexity index is 1210. The van der Waals surface area contributed by atoms with Gasteiger partial charge in [0.05, 0.1) is 17.8 Å². The van der Waals surface area contributed by atoms with E-state index in [1.807, 2.05) is 60.8 Å². The van der Waals surface area contributed by atoms with Crippen LogP contribution in [0.25, 0.3) is 11.5 Å². The number of aromatic nitrogens is 2. The Morgan fingerprint density at radius 2 is 1.42 bits per heavy atom. The molecule has 4 nitrogen and oxygen atoms in total. The molecule has 0 bridgehead atoms. The molecule has 0 spiro atoms. The van der Waals surface area contributed by atoms with E-state index in [0.717, 1.165) is 28.3 Å². The maximum Gasteiger partial charge on any atom is 0.225 e. The lowest BCUT2D eigenvalue weighted by Gasteiger charge is -2.18. The van der Waals surface area contributed by atoms with Gasteiger partial charge in [0.2, 0.25) is 5.89 Å². The number of rotatable bonds is 6. The molecule has 0 N–H and O–H groups in total. The summed E-state index contributed by atoms with van der Waals surface area (Å²) in [7, 11) is 0. The first kappa shape index (κ1) is 18.8. The van der Waals surface area contributed by atoms with Crippen molar-refractivity contribution in [2.24, 2.45) is 0 Å². The van der Waals surface area contributed by atoms with Gasteiger partial charge in [0, 0.05) is 11.8 Å². The summed E-state index contributed by atoms with van der Waals surface area (Å²) in [5.74, 6) is 2.07. The summed E-state index contributed by atoms with van der Waals surface area (Å²) >= 11 is 0. The molecule has 5 aromatic rings. The highest BCUT2D eigenvalue weighted by Gasteiger charge is 2.18. The van der Waals surface area contributed by atoms with Crippen molar-refractivity contribution in [3.05, 3.63) is 133 Å². The Kier molecular flexibility index (Phi) is 5.27. The van der Waals surface area contributed by atoms with Crippen LogP contribution in [0.5, 0.6) is 11.5 Å². The molecular weight excluding hydrogens is 384 g/mol. The Labute approximate surface area is 180 Å². The number of hydrogen-bond acceptors (Lipinski definition) is 4. The summed E-state index contributed by atoms with van der Waals surface area (Å²) in [6.45, 7) is 0. The van der Waals surface area contributed by atoms with Crippen LogP contribution in [0.15, 0.2) is 120 Å². The first-order valence-electron chi connectivity index (χ1n) is 10.1. The van der Waals surface area contributed by atoms with Crippen molar-refractivity contribution in [3.63, 3.8) is 0 Å². The van der Waals surface area contributed by atoms with Crippen molar-refractivity contribution in [2.45, 2.75) is 5.92 Å². The molecule has 1 unspecified atom stereocenters. The van der Waals surface area contributed by atoms with E-state index in [0.29, 0.717) is 5.89 Å².